The number of likely N-dealkylation sites (N-methyl/N-ethyl adjacent to an activating group) is 2. The third-order valence-electron chi connectivity index (χ3n) is 3.04. The summed E-state index contributed by atoms with van der Waals surface area (Å²) in [5.74, 6) is 0. The monoisotopic (exact) mass is 285 g/mol. The van der Waals surface area contributed by atoms with Crippen molar-refractivity contribution >= 4 is 10.0 Å². The molecule has 0 aliphatic rings. The van der Waals surface area contributed by atoms with Crippen LogP contribution in [0.3, 0.4) is 0 Å². The highest BCUT2D eigenvalue weighted by atomic mass is 32.2. The highest BCUT2D eigenvalue weighted by Crippen LogP contribution is 2.20. The minimum absolute atomic E-state index is 0.338. The third kappa shape index (κ3) is 4.01. The molecule has 5 nitrogen and oxygen atoms in total. The SMILES string of the molecule is Cc1ccc(CN)cc1S(=O)(=O)N(C)CCN(C)C. The predicted octanol–water partition coefficient (Wildman–Crippen LogP) is 0.636. The summed E-state index contributed by atoms with van der Waals surface area (Å²) in [7, 11) is 1.99. The average molecular weight is 285 g/mol. The molecule has 0 aliphatic carbocycles. The smallest absolute Gasteiger partial charge is 0.243 e. The third-order valence-corrected chi connectivity index (χ3v) is 5.04. The van der Waals surface area contributed by atoms with Crippen LogP contribution in [0.25, 0.3) is 0 Å². The topological polar surface area (TPSA) is 66.6 Å². The van der Waals surface area contributed by atoms with Gasteiger partial charge in [-0.3, -0.25) is 0 Å². The van der Waals surface area contributed by atoms with Crippen LogP contribution in [0.1, 0.15) is 11.1 Å². The van der Waals surface area contributed by atoms with E-state index in [2.05, 4.69) is 0 Å². The molecule has 0 radical (unpaired) electrons. The fourth-order valence-corrected chi connectivity index (χ4v) is 3.11. The Hall–Kier alpha value is -0.950. The van der Waals surface area contributed by atoms with Crippen LogP contribution < -0.4 is 5.73 Å². The molecule has 0 fully saturated rings. The Morgan fingerprint density at radius 1 is 1.16 bits per heavy atom. The van der Waals surface area contributed by atoms with E-state index in [1.54, 1.807) is 26.1 Å². The fraction of sp³-hybridized carbons (Fsp3) is 0.538. The molecule has 0 spiro atoms. The number of sulfonamides is 1. The van der Waals surface area contributed by atoms with Gasteiger partial charge in [-0.2, -0.15) is 4.31 Å². The van der Waals surface area contributed by atoms with Gasteiger partial charge in [0.25, 0.3) is 0 Å². The molecule has 1 aromatic rings. The summed E-state index contributed by atoms with van der Waals surface area (Å²) in [4.78, 5) is 2.30. The van der Waals surface area contributed by atoms with Crippen LogP contribution in [-0.2, 0) is 16.6 Å². The van der Waals surface area contributed by atoms with Gasteiger partial charge in [-0.05, 0) is 38.2 Å². The van der Waals surface area contributed by atoms with Gasteiger partial charge in [-0.25, -0.2) is 8.42 Å². The Bertz CT molecular complexity index is 527. The second kappa shape index (κ2) is 6.47. The van der Waals surface area contributed by atoms with Gasteiger partial charge in [-0.1, -0.05) is 12.1 Å². The van der Waals surface area contributed by atoms with Crippen molar-refractivity contribution in [2.24, 2.45) is 5.73 Å². The Balaban J connectivity index is 3.05. The molecule has 1 rings (SSSR count). The molecule has 0 saturated heterocycles. The van der Waals surface area contributed by atoms with E-state index in [1.807, 2.05) is 25.1 Å². The van der Waals surface area contributed by atoms with E-state index in [-0.39, 0.29) is 0 Å². The van der Waals surface area contributed by atoms with Gasteiger partial charge in [0.1, 0.15) is 0 Å². The molecule has 0 amide bonds. The van der Waals surface area contributed by atoms with Crippen molar-refractivity contribution in [1.29, 1.82) is 0 Å². The summed E-state index contributed by atoms with van der Waals surface area (Å²) in [6.45, 7) is 3.28. The lowest BCUT2D eigenvalue weighted by Gasteiger charge is -2.20. The molecular weight excluding hydrogens is 262 g/mol. The van der Waals surface area contributed by atoms with Gasteiger partial charge in [0.2, 0.25) is 10.0 Å². The van der Waals surface area contributed by atoms with Crippen molar-refractivity contribution in [2.45, 2.75) is 18.4 Å². The first kappa shape index (κ1) is 16.1. The number of hydrogen-bond donors (Lipinski definition) is 1. The standard InChI is InChI=1S/C13H23N3O2S/c1-11-5-6-12(10-14)9-13(11)19(17,18)16(4)8-7-15(2)3/h5-6,9H,7-8,10,14H2,1-4H3. The molecule has 0 bridgehead atoms. The van der Waals surface area contributed by atoms with Gasteiger partial charge in [0.05, 0.1) is 4.90 Å². The first-order valence-electron chi connectivity index (χ1n) is 6.19. The van der Waals surface area contributed by atoms with E-state index in [9.17, 15) is 8.42 Å². The fourth-order valence-electron chi connectivity index (χ4n) is 1.68. The number of aryl methyl sites for hydroxylation is 1. The van der Waals surface area contributed by atoms with Crippen LogP contribution in [-0.4, -0.2) is 51.9 Å². The molecule has 19 heavy (non-hydrogen) atoms. The summed E-state index contributed by atoms with van der Waals surface area (Å²) < 4.78 is 26.4. The van der Waals surface area contributed by atoms with E-state index in [0.29, 0.717) is 24.5 Å². The molecule has 0 saturated carbocycles. The number of nitrogens with two attached hydrogens (primary N) is 1. The van der Waals surface area contributed by atoms with Crippen LogP contribution in [0.5, 0.6) is 0 Å². The number of rotatable bonds is 6. The Labute approximate surface area is 116 Å². The zero-order valence-electron chi connectivity index (χ0n) is 12.0. The van der Waals surface area contributed by atoms with Crippen molar-refractivity contribution in [2.75, 3.05) is 34.2 Å². The van der Waals surface area contributed by atoms with Crippen molar-refractivity contribution in [3.8, 4) is 0 Å². The number of nitrogens with zero attached hydrogens (tertiary/aromatic N) is 2. The molecule has 0 atom stereocenters. The van der Waals surface area contributed by atoms with E-state index >= 15 is 0 Å². The zero-order chi connectivity index (χ0) is 14.6. The summed E-state index contributed by atoms with van der Waals surface area (Å²) in [5, 5.41) is 0. The largest absolute Gasteiger partial charge is 0.326 e. The second-order valence-electron chi connectivity index (χ2n) is 4.93. The predicted molar refractivity (Wildman–Crippen MR) is 77.4 cm³/mol. The normalized spacial score (nSPS) is 12.4. The van der Waals surface area contributed by atoms with Gasteiger partial charge in [-0.15, -0.1) is 0 Å². The molecule has 6 heteroatoms. The van der Waals surface area contributed by atoms with Crippen molar-refractivity contribution in [3.63, 3.8) is 0 Å². The van der Waals surface area contributed by atoms with Crippen LogP contribution in [0.2, 0.25) is 0 Å². The van der Waals surface area contributed by atoms with E-state index in [4.69, 9.17) is 5.73 Å². The van der Waals surface area contributed by atoms with Crippen molar-refractivity contribution < 1.29 is 8.42 Å². The highest BCUT2D eigenvalue weighted by molar-refractivity contribution is 7.89. The van der Waals surface area contributed by atoms with Gasteiger partial charge in [0, 0.05) is 26.7 Å². The summed E-state index contributed by atoms with van der Waals surface area (Å²) in [5.41, 5.74) is 7.14. The Morgan fingerprint density at radius 2 is 1.79 bits per heavy atom. The lowest BCUT2D eigenvalue weighted by molar-refractivity contribution is 0.358. The second-order valence-corrected chi connectivity index (χ2v) is 6.95. The summed E-state index contributed by atoms with van der Waals surface area (Å²) in [6, 6.07) is 5.32. The molecular formula is C13H23N3O2S. The first-order valence-corrected chi connectivity index (χ1v) is 7.63. The molecule has 0 aromatic heterocycles. The average Bonchev–Trinajstić information content (AvgIpc) is 2.36. The van der Waals surface area contributed by atoms with Crippen molar-refractivity contribution in [1.82, 2.24) is 9.21 Å². The quantitative estimate of drug-likeness (QED) is 0.833. The van der Waals surface area contributed by atoms with E-state index in [1.165, 1.54) is 4.31 Å². The minimum atomic E-state index is -3.45. The molecule has 108 valence electrons. The van der Waals surface area contributed by atoms with E-state index in [0.717, 1.165) is 11.1 Å². The van der Waals surface area contributed by atoms with Crippen LogP contribution in [0, 0.1) is 6.92 Å². The maximum Gasteiger partial charge on any atom is 0.243 e. The van der Waals surface area contributed by atoms with Gasteiger partial charge < -0.3 is 10.6 Å². The van der Waals surface area contributed by atoms with Gasteiger partial charge >= 0.3 is 0 Å². The molecule has 2 N–H and O–H groups in total. The van der Waals surface area contributed by atoms with Gasteiger partial charge in [0.15, 0.2) is 0 Å². The molecule has 0 aliphatic heterocycles. The van der Waals surface area contributed by atoms with E-state index < -0.39 is 10.0 Å². The van der Waals surface area contributed by atoms with Crippen LogP contribution in [0.15, 0.2) is 23.1 Å². The number of hydrogen-bond acceptors (Lipinski definition) is 4. The lowest BCUT2D eigenvalue weighted by Crippen LogP contribution is -2.33. The summed E-state index contributed by atoms with van der Waals surface area (Å²) in [6.07, 6.45) is 0. The highest BCUT2D eigenvalue weighted by Gasteiger charge is 2.22. The molecule has 1 aromatic carbocycles. The molecule has 0 unspecified atom stereocenters. The molecule has 0 heterocycles. The Morgan fingerprint density at radius 3 is 2.32 bits per heavy atom. The van der Waals surface area contributed by atoms with Crippen LogP contribution in [0.4, 0.5) is 0 Å². The zero-order valence-corrected chi connectivity index (χ0v) is 12.9. The maximum absolute atomic E-state index is 12.5. The summed E-state index contributed by atoms with van der Waals surface area (Å²) >= 11 is 0. The lowest BCUT2D eigenvalue weighted by atomic mass is 10.1. The Kier molecular flexibility index (Phi) is 5.49. The van der Waals surface area contributed by atoms with Crippen LogP contribution >= 0.6 is 0 Å². The maximum atomic E-state index is 12.5. The minimum Gasteiger partial charge on any atom is -0.326 e. The number of benzene rings is 1. The van der Waals surface area contributed by atoms with Crippen molar-refractivity contribution in [3.05, 3.63) is 29.3 Å². The first-order chi connectivity index (χ1) is 8.78.